The van der Waals surface area contributed by atoms with Gasteiger partial charge < -0.3 is 4.42 Å². The van der Waals surface area contributed by atoms with Gasteiger partial charge in [0.25, 0.3) is 0 Å². The molecule has 0 aliphatic carbocycles. The Morgan fingerprint density at radius 2 is 1.11 bits per heavy atom. The van der Waals surface area contributed by atoms with Crippen LogP contribution >= 0.6 is 0 Å². The smallest absolute Gasteiger partial charge is 0.165 e. The lowest BCUT2D eigenvalue weighted by Gasteiger charge is -2.14. The Labute approximate surface area is 251 Å². The van der Waals surface area contributed by atoms with Crippen molar-refractivity contribution in [1.29, 1.82) is 0 Å². The molecule has 0 spiro atoms. The van der Waals surface area contributed by atoms with Crippen molar-refractivity contribution < 1.29 is 4.42 Å². The minimum atomic E-state index is 0.781. The normalized spacial score (nSPS) is 12.1. The summed E-state index contributed by atoms with van der Waals surface area (Å²) in [5, 5.41) is 9.26. The van der Waals surface area contributed by atoms with Crippen LogP contribution in [-0.2, 0) is 0 Å². The summed E-state index contributed by atoms with van der Waals surface area (Å²) < 4.78 is 9.22. The Bertz CT molecular complexity index is 2770. The van der Waals surface area contributed by atoms with Gasteiger partial charge in [-0.2, -0.15) is 0 Å². The van der Waals surface area contributed by atoms with Crippen LogP contribution in [0, 0.1) is 0 Å². The van der Waals surface area contributed by atoms with Crippen LogP contribution < -0.4 is 0 Å². The summed E-state index contributed by atoms with van der Waals surface area (Å²) in [4.78, 5) is 10.6. The quantitative estimate of drug-likeness (QED) is 0.211. The molecule has 0 atom stereocenters. The molecule has 10 aromatic rings. The molecule has 3 aromatic heterocycles. The van der Waals surface area contributed by atoms with Crippen LogP contribution in [0.5, 0.6) is 0 Å². The van der Waals surface area contributed by atoms with E-state index in [1.54, 1.807) is 0 Å². The summed E-state index contributed by atoms with van der Waals surface area (Å²) in [6.45, 7) is 0. The molecular weight excluding hydrogens is 538 g/mol. The predicted molar refractivity (Wildman–Crippen MR) is 182 cm³/mol. The molecule has 0 saturated heterocycles. The predicted octanol–water partition coefficient (Wildman–Crippen LogP) is 10.6. The molecule has 204 valence electrons. The molecule has 0 aliphatic rings. The average molecular weight is 562 g/mol. The van der Waals surface area contributed by atoms with Gasteiger partial charge in [-0.3, -0.25) is 4.57 Å². The van der Waals surface area contributed by atoms with Gasteiger partial charge in [0.15, 0.2) is 11.4 Å². The Kier molecular flexibility index (Phi) is 4.69. The molecule has 10 rings (SSSR count). The van der Waals surface area contributed by atoms with Gasteiger partial charge in [-0.15, -0.1) is 0 Å². The number of rotatable bonds is 2. The van der Waals surface area contributed by atoms with E-state index < -0.39 is 0 Å². The molecule has 4 heteroatoms. The molecule has 0 N–H and O–H groups in total. The molecule has 0 unspecified atom stereocenters. The van der Waals surface area contributed by atoms with Crippen LogP contribution in [0.15, 0.2) is 144 Å². The molecule has 7 aromatic carbocycles. The highest BCUT2D eigenvalue weighted by Crippen LogP contribution is 2.46. The van der Waals surface area contributed by atoms with E-state index in [0.29, 0.717) is 0 Å². The fraction of sp³-hybridized carbons (Fsp3) is 0. The summed E-state index contributed by atoms with van der Waals surface area (Å²) in [7, 11) is 0. The molecule has 44 heavy (non-hydrogen) atoms. The third-order valence-electron chi connectivity index (χ3n) is 8.92. The van der Waals surface area contributed by atoms with Crippen molar-refractivity contribution in [2.24, 2.45) is 0 Å². The molecule has 0 saturated carbocycles. The second-order valence-corrected chi connectivity index (χ2v) is 11.4. The van der Waals surface area contributed by atoms with E-state index in [1.165, 1.54) is 16.2 Å². The minimum Gasteiger partial charge on any atom is -0.454 e. The monoisotopic (exact) mass is 561 g/mol. The van der Waals surface area contributed by atoms with Crippen molar-refractivity contribution in [3.63, 3.8) is 0 Å². The van der Waals surface area contributed by atoms with Gasteiger partial charge in [0.1, 0.15) is 11.3 Å². The van der Waals surface area contributed by atoms with E-state index in [4.69, 9.17) is 14.4 Å². The van der Waals surface area contributed by atoms with Crippen molar-refractivity contribution in [3.8, 4) is 17.1 Å². The highest BCUT2D eigenvalue weighted by molar-refractivity contribution is 6.35. The van der Waals surface area contributed by atoms with E-state index in [1.807, 2.05) is 30.3 Å². The lowest BCUT2D eigenvalue weighted by Crippen LogP contribution is -2.03. The van der Waals surface area contributed by atoms with Crippen LogP contribution in [0.2, 0.25) is 0 Å². The number of para-hydroxylation sites is 3. The Balaban J connectivity index is 1.48. The summed E-state index contributed by atoms with van der Waals surface area (Å²) in [5.74, 6) is 0.781. The standard InChI is InChI=1S/C40H23N3O/c1-2-12-24(13-3-1)37-40(42-32-20-10-9-19-31(32)41-37)43-33-21-11-8-18-29(33)35-27-16-6-7-17-28(27)36-30-22-25-14-4-5-15-26(25)23-34(30)44-39(36)38(35)43/h1-23H. The molecule has 4 nitrogen and oxygen atoms in total. The van der Waals surface area contributed by atoms with Crippen LogP contribution in [0.4, 0.5) is 0 Å². The fourth-order valence-electron chi connectivity index (χ4n) is 7.02. The highest BCUT2D eigenvalue weighted by atomic mass is 16.3. The maximum absolute atomic E-state index is 6.94. The van der Waals surface area contributed by atoms with Crippen LogP contribution in [0.3, 0.4) is 0 Å². The summed E-state index contributed by atoms with van der Waals surface area (Å²) >= 11 is 0. The number of nitrogens with zero attached hydrogens (tertiary/aromatic N) is 3. The Morgan fingerprint density at radius 1 is 0.500 bits per heavy atom. The van der Waals surface area contributed by atoms with Crippen molar-refractivity contribution in [2.45, 2.75) is 0 Å². The average Bonchev–Trinajstić information content (AvgIpc) is 3.63. The van der Waals surface area contributed by atoms with Gasteiger partial charge in [0.2, 0.25) is 0 Å². The molecule has 0 radical (unpaired) electrons. The number of fused-ring (bicyclic) bond motifs is 12. The first kappa shape index (κ1) is 23.6. The number of aromatic nitrogens is 3. The van der Waals surface area contributed by atoms with Gasteiger partial charge in [-0.05, 0) is 51.9 Å². The van der Waals surface area contributed by atoms with Crippen molar-refractivity contribution >= 4 is 76.3 Å². The zero-order valence-corrected chi connectivity index (χ0v) is 23.5. The third-order valence-corrected chi connectivity index (χ3v) is 8.92. The lowest BCUT2D eigenvalue weighted by molar-refractivity contribution is 0.671. The maximum atomic E-state index is 6.94. The maximum Gasteiger partial charge on any atom is 0.165 e. The van der Waals surface area contributed by atoms with Gasteiger partial charge in [-0.1, -0.05) is 109 Å². The molecule has 0 amide bonds. The first-order valence-corrected chi connectivity index (χ1v) is 14.8. The molecule has 0 bridgehead atoms. The zero-order valence-electron chi connectivity index (χ0n) is 23.5. The van der Waals surface area contributed by atoms with Gasteiger partial charge >= 0.3 is 0 Å². The summed E-state index contributed by atoms with van der Waals surface area (Å²) in [5.41, 5.74) is 7.35. The molecule has 3 heterocycles. The SMILES string of the molecule is c1ccc(-c2nc3ccccc3nc2-n2c3ccccc3c3c4ccccc4c4c5cc6ccccc6cc5oc4c32)cc1. The van der Waals surface area contributed by atoms with Gasteiger partial charge in [-0.25, -0.2) is 9.97 Å². The van der Waals surface area contributed by atoms with E-state index in [0.717, 1.165) is 77.2 Å². The second kappa shape index (κ2) is 8.76. The van der Waals surface area contributed by atoms with Crippen LogP contribution in [0.1, 0.15) is 0 Å². The Morgan fingerprint density at radius 3 is 1.91 bits per heavy atom. The van der Waals surface area contributed by atoms with Gasteiger partial charge in [0, 0.05) is 27.1 Å². The lowest BCUT2D eigenvalue weighted by atomic mass is 9.98. The first-order chi connectivity index (χ1) is 21.8. The molecule has 0 aliphatic heterocycles. The van der Waals surface area contributed by atoms with Gasteiger partial charge in [0.05, 0.1) is 22.1 Å². The summed E-state index contributed by atoms with van der Waals surface area (Å²) in [6.07, 6.45) is 0. The zero-order chi connectivity index (χ0) is 28.8. The fourth-order valence-corrected chi connectivity index (χ4v) is 7.02. The largest absolute Gasteiger partial charge is 0.454 e. The minimum absolute atomic E-state index is 0.781. The highest BCUT2D eigenvalue weighted by Gasteiger charge is 2.25. The van der Waals surface area contributed by atoms with Crippen molar-refractivity contribution in [1.82, 2.24) is 14.5 Å². The summed E-state index contributed by atoms with van der Waals surface area (Å²) in [6, 6.07) is 48.7. The number of furan rings is 1. The van der Waals surface area contributed by atoms with E-state index in [2.05, 4.69) is 114 Å². The van der Waals surface area contributed by atoms with E-state index >= 15 is 0 Å². The Hall–Kier alpha value is -6.00. The van der Waals surface area contributed by atoms with Crippen molar-refractivity contribution in [3.05, 3.63) is 140 Å². The van der Waals surface area contributed by atoms with E-state index in [-0.39, 0.29) is 0 Å². The topological polar surface area (TPSA) is 43.9 Å². The van der Waals surface area contributed by atoms with Crippen molar-refractivity contribution in [2.75, 3.05) is 0 Å². The number of benzene rings is 7. The van der Waals surface area contributed by atoms with Crippen LogP contribution in [0.25, 0.3) is 93.4 Å². The third kappa shape index (κ3) is 3.17. The first-order valence-electron chi connectivity index (χ1n) is 14.8. The number of hydrogen-bond donors (Lipinski definition) is 0. The molecule has 0 fully saturated rings. The molecular formula is C40H23N3O. The number of hydrogen-bond acceptors (Lipinski definition) is 3. The van der Waals surface area contributed by atoms with E-state index in [9.17, 15) is 0 Å². The van der Waals surface area contributed by atoms with Crippen LogP contribution in [-0.4, -0.2) is 14.5 Å². The second-order valence-electron chi connectivity index (χ2n) is 11.4.